The van der Waals surface area contributed by atoms with Crippen LogP contribution in [0.2, 0.25) is 0 Å². The van der Waals surface area contributed by atoms with Crippen molar-refractivity contribution in [3.8, 4) is 11.5 Å². The molecule has 0 saturated heterocycles. The molecular formula is C25H22BrN3O3. The van der Waals surface area contributed by atoms with Gasteiger partial charge in [-0.2, -0.15) is 0 Å². The van der Waals surface area contributed by atoms with Crippen molar-refractivity contribution in [1.29, 1.82) is 0 Å². The van der Waals surface area contributed by atoms with Gasteiger partial charge in [0.2, 0.25) is 0 Å². The molecule has 0 aliphatic rings. The normalized spacial score (nSPS) is 10.6. The van der Waals surface area contributed by atoms with E-state index in [0.717, 1.165) is 26.8 Å². The fraction of sp³-hybridized carbons (Fsp3) is 0.120. The molecule has 1 aromatic heterocycles. The molecule has 0 spiro atoms. The molecule has 0 unspecified atom stereocenters. The summed E-state index contributed by atoms with van der Waals surface area (Å²) in [6.45, 7) is 0.727. The Hall–Kier alpha value is -3.58. The van der Waals surface area contributed by atoms with Gasteiger partial charge in [0.1, 0.15) is 6.61 Å². The number of amides is 1. The highest BCUT2D eigenvalue weighted by molar-refractivity contribution is 9.10. The summed E-state index contributed by atoms with van der Waals surface area (Å²) in [7, 11) is 1.60. The van der Waals surface area contributed by atoms with E-state index in [9.17, 15) is 4.79 Å². The lowest BCUT2D eigenvalue weighted by molar-refractivity contribution is 0.0947. The van der Waals surface area contributed by atoms with E-state index in [-0.39, 0.29) is 5.91 Å². The van der Waals surface area contributed by atoms with Gasteiger partial charge in [-0.25, -0.2) is 0 Å². The lowest BCUT2D eigenvalue weighted by Gasteiger charge is -2.12. The number of hydrogen-bond donors (Lipinski definition) is 2. The molecule has 0 fully saturated rings. The molecule has 4 rings (SSSR count). The SMILES string of the molecule is COc1ccccc1OCCNC(=O)c1ccc(Nc2ccnc3ccc(Br)cc23)cc1. The summed E-state index contributed by atoms with van der Waals surface area (Å²) in [5.41, 5.74) is 3.32. The summed E-state index contributed by atoms with van der Waals surface area (Å²) in [6.07, 6.45) is 1.77. The maximum atomic E-state index is 12.4. The van der Waals surface area contributed by atoms with Gasteiger partial charge in [-0.1, -0.05) is 28.1 Å². The fourth-order valence-corrected chi connectivity index (χ4v) is 3.61. The number of aromatic nitrogens is 1. The Morgan fingerprint density at radius 3 is 2.56 bits per heavy atom. The van der Waals surface area contributed by atoms with Gasteiger partial charge in [0.25, 0.3) is 5.91 Å². The number of para-hydroxylation sites is 2. The molecule has 3 aromatic carbocycles. The number of hydrogen-bond acceptors (Lipinski definition) is 5. The fourth-order valence-electron chi connectivity index (χ4n) is 3.25. The predicted octanol–water partition coefficient (Wildman–Crippen LogP) is 5.56. The van der Waals surface area contributed by atoms with Crippen molar-refractivity contribution in [2.45, 2.75) is 0 Å². The maximum absolute atomic E-state index is 12.4. The number of halogens is 1. The van der Waals surface area contributed by atoms with Crippen LogP contribution in [0.4, 0.5) is 11.4 Å². The first-order valence-electron chi connectivity index (χ1n) is 10.1. The molecule has 32 heavy (non-hydrogen) atoms. The number of fused-ring (bicyclic) bond motifs is 1. The molecule has 1 amide bonds. The summed E-state index contributed by atoms with van der Waals surface area (Å²) < 4.78 is 11.9. The number of carbonyl (C=O) groups excluding carboxylic acids is 1. The van der Waals surface area contributed by atoms with Gasteiger partial charge in [0, 0.05) is 33.0 Å². The molecule has 162 valence electrons. The van der Waals surface area contributed by atoms with Gasteiger partial charge in [-0.3, -0.25) is 9.78 Å². The Balaban J connectivity index is 1.33. The van der Waals surface area contributed by atoms with E-state index < -0.39 is 0 Å². The highest BCUT2D eigenvalue weighted by Crippen LogP contribution is 2.28. The first-order valence-corrected chi connectivity index (χ1v) is 10.9. The average molecular weight is 492 g/mol. The van der Waals surface area contributed by atoms with E-state index in [1.54, 1.807) is 25.4 Å². The molecule has 0 bridgehead atoms. The number of anilines is 2. The van der Waals surface area contributed by atoms with Crippen LogP contribution in [0.5, 0.6) is 11.5 Å². The smallest absolute Gasteiger partial charge is 0.251 e. The van der Waals surface area contributed by atoms with Crippen LogP contribution in [0.15, 0.2) is 83.5 Å². The average Bonchev–Trinajstić information content (AvgIpc) is 2.83. The van der Waals surface area contributed by atoms with Crippen molar-refractivity contribution in [2.75, 3.05) is 25.6 Å². The minimum absolute atomic E-state index is 0.154. The number of nitrogens with one attached hydrogen (secondary N) is 2. The Labute approximate surface area is 194 Å². The van der Waals surface area contributed by atoms with E-state index in [1.807, 2.05) is 60.7 Å². The number of benzene rings is 3. The highest BCUT2D eigenvalue weighted by atomic mass is 79.9. The topological polar surface area (TPSA) is 72.5 Å². The molecule has 4 aromatic rings. The van der Waals surface area contributed by atoms with Crippen LogP contribution in [0, 0.1) is 0 Å². The Morgan fingerprint density at radius 2 is 1.78 bits per heavy atom. The number of rotatable bonds is 8. The number of methoxy groups -OCH3 is 1. The summed E-state index contributed by atoms with van der Waals surface area (Å²) in [5, 5.41) is 7.28. The third-order valence-corrected chi connectivity index (χ3v) is 5.34. The molecule has 0 aliphatic carbocycles. The zero-order valence-electron chi connectivity index (χ0n) is 17.5. The van der Waals surface area contributed by atoms with Crippen LogP contribution >= 0.6 is 15.9 Å². The summed E-state index contributed by atoms with van der Waals surface area (Å²) >= 11 is 3.51. The predicted molar refractivity (Wildman–Crippen MR) is 130 cm³/mol. The van der Waals surface area contributed by atoms with E-state index in [2.05, 4.69) is 31.5 Å². The van der Waals surface area contributed by atoms with Crippen LogP contribution in [0.3, 0.4) is 0 Å². The van der Waals surface area contributed by atoms with Crippen LogP contribution in [-0.4, -0.2) is 31.2 Å². The third kappa shape index (κ3) is 5.18. The van der Waals surface area contributed by atoms with Gasteiger partial charge in [-0.15, -0.1) is 0 Å². The highest BCUT2D eigenvalue weighted by Gasteiger charge is 2.08. The first-order chi connectivity index (χ1) is 15.6. The lowest BCUT2D eigenvalue weighted by Crippen LogP contribution is -2.28. The van der Waals surface area contributed by atoms with E-state index >= 15 is 0 Å². The zero-order chi connectivity index (χ0) is 22.3. The molecule has 7 heteroatoms. The molecule has 0 aliphatic heterocycles. The van der Waals surface area contributed by atoms with E-state index in [0.29, 0.717) is 30.2 Å². The molecular weight excluding hydrogens is 470 g/mol. The number of carbonyl (C=O) groups is 1. The number of ether oxygens (including phenoxy) is 2. The van der Waals surface area contributed by atoms with Crippen LogP contribution < -0.4 is 20.1 Å². The summed E-state index contributed by atoms with van der Waals surface area (Å²) in [6, 6.07) is 22.6. The summed E-state index contributed by atoms with van der Waals surface area (Å²) in [4.78, 5) is 16.8. The third-order valence-electron chi connectivity index (χ3n) is 4.84. The van der Waals surface area contributed by atoms with Gasteiger partial charge in [0.15, 0.2) is 11.5 Å². The van der Waals surface area contributed by atoms with E-state index in [4.69, 9.17) is 9.47 Å². The lowest BCUT2D eigenvalue weighted by atomic mass is 10.1. The number of nitrogens with zero attached hydrogens (tertiary/aromatic N) is 1. The van der Waals surface area contributed by atoms with Crippen molar-refractivity contribution in [2.24, 2.45) is 0 Å². The van der Waals surface area contributed by atoms with Crippen LogP contribution in [-0.2, 0) is 0 Å². The largest absolute Gasteiger partial charge is 0.493 e. The zero-order valence-corrected chi connectivity index (χ0v) is 19.1. The quantitative estimate of drug-likeness (QED) is 0.315. The number of pyridine rings is 1. The maximum Gasteiger partial charge on any atom is 0.251 e. The van der Waals surface area contributed by atoms with E-state index in [1.165, 1.54) is 0 Å². The molecule has 0 saturated carbocycles. The van der Waals surface area contributed by atoms with Gasteiger partial charge >= 0.3 is 0 Å². The van der Waals surface area contributed by atoms with Crippen molar-refractivity contribution in [3.63, 3.8) is 0 Å². The van der Waals surface area contributed by atoms with Crippen molar-refractivity contribution < 1.29 is 14.3 Å². The van der Waals surface area contributed by atoms with Crippen LogP contribution in [0.25, 0.3) is 10.9 Å². The molecule has 0 atom stereocenters. The first kappa shape index (κ1) is 21.6. The standard InChI is InChI=1S/C25H22BrN3O3/c1-31-23-4-2-3-5-24(23)32-15-14-28-25(30)17-6-9-19(10-7-17)29-22-12-13-27-21-11-8-18(26)16-20(21)22/h2-13,16H,14-15H2,1H3,(H,27,29)(H,28,30). The minimum atomic E-state index is -0.154. The Bertz CT molecular complexity index is 1230. The molecule has 2 N–H and O–H groups in total. The molecule has 6 nitrogen and oxygen atoms in total. The van der Waals surface area contributed by atoms with Crippen molar-refractivity contribution in [3.05, 3.63) is 89.0 Å². The molecule has 0 radical (unpaired) electrons. The monoisotopic (exact) mass is 491 g/mol. The second kappa shape index (κ2) is 10.2. The van der Waals surface area contributed by atoms with Gasteiger partial charge in [-0.05, 0) is 60.7 Å². The van der Waals surface area contributed by atoms with Crippen molar-refractivity contribution in [1.82, 2.24) is 10.3 Å². The van der Waals surface area contributed by atoms with Crippen LogP contribution in [0.1, 0.15) is 10.4 Å². The summed E-state index contributed by atoms with van der Waals surface area (Å²) in [5.74, 6) is 1.16. The Kier molecular flexibility index (Phi) is 6.87. The second-order valence-corrected chi connectivity index (χ2v) is 7.89. The van der Waals surface area contributed by atoms with Crippen molar-refractivity contribution >= 4 is 44.1 Å². The molecule has 1 heterocycles. The Morgan fingerprint density at radius 1 is 1.00 bits per heavy atom. The van der Waals surface area contributed by atoms with Gasteiger partial charge < -0.3 is 20.1 Å². The minimum Gasteiger partial charge on any atom is -0.493 e. The van der Waals surface area contributed by atoms with Gasteiger partial charge in [0.05, 0.1) is 19.2 Å². The second-order valence-electron chi connectivity index (χ2n) is 6.98.